The Labute approximate surface area is 215 Å². The number of aromatic nitrogens is 4. The second-order valence-corrected chi connectivity index (χ2v) is 10.4. The maximum absolute atomic E-state index is 13.4. The SMILES string of the molecule is COc1cc2c(cc1C(=O)Nc1cccc(-c3nnc4n3C(C)(C)CC4)n1)CN(C(=O)CC(C)O)CC2. The largest absolute Gasteiger partial charge is 0.496 e. The van der Waals surface area contributed by atoms with Gasteiger partial charge in [-0.05, 0) is 69.0 Å². The third kappa shape index (κ3) is 4.81. The van der Waals surface area contributed by atoms with Crippen LogP contribution in [0.2, 0.25) is 0 Å². The third-order valence-corrected chi connectivity index (χ3v) is 7.12. The molecular weight excluding hydrogens is 472 g/mol. The van der Waals surface area contributed by atoms with Crippen LogP contribution in [0.4, 0.5) is 5.82 Å². The van der Waals surface area contributed by atoms with Gasteiger partial charge in [-0.2, -0.15) is 0 Å². The lowest BCUT2D eigenvalue weighted by Crippen LogP contribution is -2.37. The highest BCUT2D eigenvalue weighted by molar-refractivity contribution is 6.06. The number of amides is 2. The fourth-order valence-electron chi connectivity index (χ4n) is 5.15. The van der Waals surface area contributed by atoms with Crippen LogP contribution in [0.25, 0.3) is 11.5 Å². The van der Waals surface area contributed by atoms with Crippen molar-refractivity contribution in [3.63, 3.8) is 0 Å². The van der Waals surface area contributed by atoms with Crippen LogP contribution in [0.5, 0.6) is 5.75 Å². The first kappa shape index (κ1) is 24.9. The number of rotatable bonds is 6. The van der Waals surface area contributed by atoms with Gasteiger partial charge in [-0.3, -0.25) is 9.59 Å². The van der Waals surface area contributed by atoms with Gasteiger partial charge < -0.3 is 24.6 Å². The number of nitrogens with one attached hydrogen (secondary N) is 1. The van der Waals surface area contributed by atoms with E-state index < -0.39 is 6.10 Å². The fraction of sp³-hybridized carbons (Fsp3) is 0.444. The first-order valence-electron chi connectivity index (χ1n) is 12.6. The summed E-state index contributed by atoms with van der Waals surface area (Å²) < 4.78 is 7.66. The lowest BCUT2D eigenvalue weighted by molar-refractivity contribution is -0.133. The molecule has 0 saturated heterocycles. The van der Waals surface area contributed by atoms with Gasteiger partial charge in [0.05, 0.1) is 25.2 Å². The first-order valence-corrected chi connectivity index (χ1v) is 12.6. The fourth-order valence-corrected chi connectivity index (χ4v) is 5.15. The number of hydrogen-bond donors (Lipinski definition) is 2. The summed E-state index contributed by atoms with van der Waals surface area (Å²) in [4.78, 5) is 32.2. The Morgan fingerprint density at radius 1 is 1.19 bits per heavy atom. The molecular formula is C27H32N6O4. The van der Waals surface area contributed by atoms with E-state index in [-0.39, 0.29) is 23.8 Å². The van der Waals surface area contributed by atoms with Crippen LogP contribution in [0.15, 0.2) is 30.3 Å². The molecule has 10 nitrogen and oxygen atoms in total. The Morgan fingerprint density at radius 3 is 2.76 bits per heavy atom. The number of aryl methyl sites for hydroxylation is 1. The van der Waals surface area contributed by atoms with Gasteiger partial charge >= 0.3 is 0 Å². The summed E-state index contributed by atoms with van der Waals surface area (Å²) in [5.41, 5.74) is 2.83. The van der Waals surface area contributed by atoms with Crippen molar-refractivity contribution in [2.75, 3.05) is 19.0 Å². The molecule has 1 aromatic carbocycles. The van der Waals surface area contributed by atoms with E-state index in [0.717, 1.165) is 29.8 Å². The van der Waals surface area contributed by atoms with Gasteiger partial charge in [0.1, 0.15) is 23.1 Å². The van der Waals surface area contributed by atoms with Crippen molar-refractivity contribution in [2.24, 2.45) is 0 Å². The molecule has 10 heteroatoms. The highest BCUT2D eigenvalue weighted by atomic mass is 16.5. The lowest BCUT2D eigenvalue weighted by atomic mass is 9.95. The van der Waals surface area contributed by atoms with E-state index >= 15 is 0 Å². The van der Waals surface area contributed by atoms with Crippen LogP contribution in [0, 0.1) is 0 Å². The predicted octanol–water partition coefficient (Wildman–Crippen LogP) is 2.94. The van der Waals surface area contributed by atoms with Crippen molar-refractivity contribution in [1.82, 2.24) is 24.6 Å². The molecule has 0 spiro atoms. The second kappa shape index (κ2) is 9.59. The first-order chi connectivity index (χ1) is 17.7. The zero-order chi connectivity index (χ0) is 26.3. The summed E-state index contributed by atoms with van der Waals surface area (Å²) in [7, 11) is 1.53. The molecule has 194 valence electrons. The van der Waals surface area contributed by atoms with Crippen molar-refractivity contribution in [2.45, 2.75) is 64.6 Å². The standard InChI is InChI=1S/C27H32N6O4/c1-16(34)12-24(35)32-11-9-17-14-21(37-4)19(13-18(17)15-32)26(36)29-22-7-5-6-20(28-22)25-31-30-23-8-10-27(2,3)33(23)25/h5-7,13-14,16,34H,8-12,15H2,1-4H3,(H,28,29,36). The second-order valence-electron chi connectivity index (χ2n) is 10.4. The van der Waals surface area contributed by atoms with Crippen molar-refractivity contribution in [1.29, 1.82) is 0 Å². The molecule has 2 aliphatic heterocycles. The Balaban J connectivity index is 1.39. The minimum Gasteiger partial charge on any atom is -0.496 e. The molecule has 5 rings (SSSR count). The molecule has 0 aliphatic carbocycles. The summed E-state index contributed by atoms with van der Waals surface area (Å²) in [6.07, 6.45) is 1.90. The van der Waals surface area contributed by atoms with Gasteiger partial charge in [0, 0.05) is 25.0 Å². The summed E-state index contributed by atoms with van der Waals surface area (Å²) in [6.45, 7) is 6.86. The predicted molar refractivity (Wildman–Crippen MR) is 137 cm³/mol. The molecule has 1 atom stereocenters. The maximum Gasteiger partial charge on any atom is 0.260 e. The van der Waals surface area contributed by atoms with Gasteiger partial charge in [-0.25, -0.2) is 4.98 Å². The van der Waals surface area contributed by atoms with Gasteiger partial charge in [0.25, 0.3) is 5.91 Å². The number of anilines is 1. The molecule has 0 fully saturated rings. The van der Waals surface area contributed by atoms with Gasteiger partial charge in [-0.1, -0.05) is 6.07 Å². The monoisotopic (exact) mass is 504 g/mol. The quantitative estimate of drug-likeness (QED) is 0.529. The molecule has 4 heterocycles. The van der Waals surface area contributed by atoms with Crippen molar-refractivity contribution in [3.05, 3.63) is 52.8 Å². The Bertz CT molecular complexity index is 1360. The number of hydrogen-bond acceptors (Lipinski definition) is 7. The normalized spacial score (nSPS) is 16.6. The molecule has 0 bridgehead atoms. The van der Waals surface area contributed by atoms with Crippen molar-refractivity contribution >= 4 is 17.6 Å². The average Bonchev–Trinajstić information content (AvgIpc) is 3.43. The number of ether oxygens (including phenoxy) is 1. The van der Waals surface area contributed by atoms with Crippen LogP contribution >= 0.6 is 0 Å². The molecule has 2 aromatic heterocycles. The van der Waals surface area contributed by atoms with Gasteiger partial charge in [-0.15, -0.1) is 10.2 Å². The molecule has 2 amide bonds. The highest BCUT2D eigenvalue weighted by Gasteiger charge is 2.34. The van der Waals surface area contributed by atoms with Gasteiger partial charge in [0.2, 0.25) is 5.91 Å². The number of aliphatic hydroxyl groups is 1. The molecule has 2 aliphatic rings. The van der Waals surface area contributed by atoms with Crippen LogP contribution in [0.3, 0.4) is 0 Å². The summed E-state index contributed by atoms with van der Waals surface area (Å²) in [6, 6.07) is 9.07. The topological polar surface area (TPSA) is 122 Å². The Kier molecular flexibility index (Phi) is 6.45. The molecule has 2 N–H and O–H groups in total. The number of benzene rings is 1. The third-order valence-electron chi connectivity index (χ3n) is 7.12. The lowest BCUT2D eigenvalue weighted by Gasteiger charge is -2.30. The van der Waals surface area contributed by atoms with Crippen LogP contribution in [-0.2, 0) is 29.7 Å². The highest BCUT2D eigenvalue weighted by Crippen LogP contribution is 2.35. The molecule has 37 heavy (non-hydrogen) atoms. The zero-order valence-electron chi connectivity index (χ0n) is 21.6. The number of nitrogens with zero attached hydrogens (tertiary/aromatic N) is 5. The van der Waals surface area contributed by atoms with Gasteiger partial charge in [0.15, 0.2) is 5.82 Å². The number of methoxy groups -OCH3 is 1. The van der Waals surface area contributed by atoms with E-state index in [1.807, 2.05) is 18.2 Å². The van der Waals surface area contributed by atoms with Crippen molar-refractivity contribution in [3.8, 4) is 17.3 Å². The smallest absolute Gasteiger partial charge is 0.260 e. The molecule has 1 unspecified atom stereocenters. The number of carbonyl (C=O) groups excluding carboxylic acids is 2. The maximum atomic E-state index is 13.4. The van der Waals surface area contributed by atoms with E-state index in [2.05, 4.69) is 38.9 Å². The number of fused-ring (bicyclic) bond motifs is 2. The van der Waals surface area contributed by atoms with Crippen LogP contribution in [0.1, 0.15) is 60.9 Å². The molecule has 3 aromatic rings. The average molecular weight is 505 g/mol. The van der Waals surface area contributed by atoms with Crippen LogP contribution in [-0.4, -0.2) is 61.3 Å². The summed E-state index contributed by atoms with van der Waals surface area (Å²) >= 11 is 0. The van der Waals surface area contributed by atoms with Crippen molar-refractivity contribution < 1.29 is 19.4 Å². The molecule has 0 radical (unpaired) electrons. The number of carbonyl (C=O) groups is 2. The van der Waals surface area contributed by atoms with Crippen LogP contribution < -0.4 is 10.1 Å². The minimum absolute atomic E-state index is 0.0767. The summed E-state index contributed by atoms with van der Waals surface area (Å²) in [5, 5.41) is 21.2. The zero-order valence-corrected chi connectivity index (χ0v) is 21.6. The van der Waals surface area contributed by atoms with E-state index in [1.54, 1.807) is 24.0 Å². The Hall–Kier alpha value is -3.79. The van der Waals surface area contributed by atoms with E-state index in [4.69, 9.17) is 4.74 Å². The number of aliphatic hydroxyl groups excluding tert-OH is 1. The van der Waals surface area contributed by atoms with E-state index in [1.165, 1.54) is 7.11 Å². The minimum atomic E-state index is -0.695. The Morgan fingerprint density at radius 2 is 2.00 bits per heavy atom. The van der Waals surface area contributed by atoms with E-state index in [0.29, 0.717) is 48.2 Å². The molecule has 0 saturated carbocycles. The number of pyridine rings is 1. The summed E-state index contributed by atoms with van der Waals surface area (Å²) in [5.74, 6) is 2.02. The van der Waals surface area contributed by atoms with E-state index in [9.17, 15) is 14.7 Å².